The number of benzene rings is 1. The smallest absolute Gasteiger partial charge is 0.248 e. The first-order valence-electron chi connectivity index (χ1n) is 7.89. The maximum atomic E-state index is 12.1. The maximum Gasteiger partial charge on any atom is 0.248 e. The summed E-state index contributed by atoms with van der Waals surface area (Å²) in [6.45, 7) is 4.40. The topological polar surface area (TPSA) is 88.3 Å². The monoisotopic (exact) mass is 326 g/mol. The van der Waals surface area contributed by atoms with E-state index in [9.17, 15) is 9.59 Å². The van der Waals surface area contributed by atoms with E-state index in [1.54, 1.807) is 36.7 Å². The molecule has 0 aliphatic rings. The van der Waals surface area contributed by atoms with Gasteiger partial charge < -0.3 is 11.1 Å². The van der Waals surface area contributed by atoms with Crippen LogP contribution >= 0.6 is 0 Å². The lowest BCUT2D eigenvalue weighted by molar-refractivity contribution is -0.116. The summed E-state index contributed by atoms with van der Waals surface area (Å²) in [4.78, 5) is 29.3. The summed E-state index contributed by atoms with van der Waals surface area (Å²) >= 11 is 0. The van der Waals surface area contributed by atoms with Crippen molar-refractivity contribution in [3.8, 4) is 0 Å². The van der Waals surface area contributed by atoms with Crippen molar-refractivity contribution in [1.29, 1.82) is 0 Å². The number of aromatic nitrogens is 1. The first-order valence-corrected chi connectivity index (χ1v) is 7.89. The minimum Gasteiger partial charge on any atom is -0.366 e. The number of nitrogens with two attached hydrogens (primary N) is 1. The Balaban J connectivity index is 1.81. The summed E-state index contributed by atoms with van der Waals surface area (Å²) < 4.78 is 0. The zero-order chi connectivity index (χ0) is 17.4. The minimum absolute atomic E-state index is 0.0602. The summed E-state index contributed by atoms with van der Waals surface area (Å²) in [6, 6.07) is 10.5. The number of primary amides is 1. The van der Waals surface area contributed by atoms with E-state index in [2.05, 4.69) is 22.1 Å². The first-order chi connectivity index (χ1) is 11.6. The highest BCUT2D eigenvalue weighted by atomic mass is 16.2. The fraction of sp³-hybridized carbons (Fsp3) is 0.278. The van der Waals surface area contributed by atoms with Gasteiger partial charge in [0.25, 0.3) is 0 Å². The fourth-order valence-corrected chi connectivity index (χ4v) is 2.30. The van der Waals surface area contributed by atoms with Crippen LogP contribution in [0.5, 0.6) is 0 Å². The van der Waals surface area contributed by atoms with Gasteiger partial charge in [0, 0.05) is 43.2 Å². The van der Waals surface area contributed by atoms with Gasteiger partial charge in [-0.15, -0.1) is 0 Å². The van der Waals surface area contributed by atoms with Crippen LogP contribution in [-0.4, -0.2) is 34.8 Å². The summed E-state index contributed by atoms with van der Waals surface area (Å²) in [5.41, 5.74) is 7.44. The number of nitrogens with zero attached hydrogens (tertiary/aromatic N) is 2. The molecule has 6 nitrogen and oxygen atoms in total. The van der Waals surface area contributed by atoms with Crippen LogP contribution in [0.2, 0.25) is 0 Å². The van der Waals surface area contributed by atoms with Crippen LogP contribution in [0.4, 0.5) is 5.69 Å². The highest BCUT2D eigenvalue weighted by Crippen LogP contribution is 2.10. The van der Waals surface area contributed by atoms with Crippen molar-refractivity contribution >= 4 is 17.5 Å². The van der Waals surface area contributed by atoms with Crippen molar-refractivity contribution in [2.75, 3.05) is 18.4 Å². The van der Waals surface area contributed by atoms with E-state index in [0.717, 1.165) is 13.1 Å². The number of carbonyl (C=O) groups is 2. The Bertz CT molecular complexity index is 671. The molecule has 0 bridgehead atoms. The van der Waals surface area contributed by atoms with Gasteiger partial charge in [0.05, 0.1) is 0 Å². The second-order valence-electron chi connectivity index (χ2n) is 5.46. The van der Waals surface area contributed by atoms with Crippen molar-refractivity contribution in [2.45, 2.75) is 19.9 Å². The van der Waals surface area contributed by atoms with Gasteiger partial charge in [0.1, 0.15) is 0 Å². The number of rotatable bonds is 8. The van der Waals surface area contributed by atoms with Gasteiger partial charge in [0.2, 0.25) is 11.8 Å². The molecule has 0 spiro atoms. The Morgan fingerprint density at radius 3 is 2.38 bits per heavy atom. The van der Waals surface area contributed by atoms with Crippen LogP contribution in [0, 0.1) is 0 Å². The van der Waals surface area contributed by atoms with Gasteiger partial charge in [-0.3, -0.25) is 19.5 Å². The number of hydrogen-bond acceptors (Lipinski definition) is 4. The molecule has 0 atom stereocenters. The van der Waals surface area contributed by atoms with Crippen molar-refractivity contribution in [1.82, 2.24) is 9.88 Å². The molecule has 0 fully saturated rings. The normalized spacial score (nSPS) is 10.6. The average Bonchev–Trinajstić information content (AvgIpc) is 2.60. The van der Waals surface area contributed by atoms with Gasteiger partial charge in [-0.05, 0) is 48.5 Å². The second-order valence-corrected chi connectivity index (χ2v) is 5.46. The molecule has 6 heteroatoms. The molecule has 2 amide bonds. The Hall–Kier alpha value is -2.73. The van der Waals surface area contributed by atoms with Crippen LogP contribution in [0.3, 0.4) is 0 Å². The van der Waals surface area contributed by atoms with Gasteiger partial charge in [-0.25, -0.2) is 0 Å². The molecule has 1 aromatic carbocycles. The molecule has 0 aliphatic carbocycles. The number of anilines is 1. The zero-order valence-corrected chi connectivity index (χ0v) is 13.7. The Morgan fingerprint density at radius 1 is 1.12 bits per heavy atom. The van der Waals surface area contributed by atoms with Crippen molar-refractivity contribution < 1.29 is 9.59 Å². The lowest BCUT2D eigenvalue weighted by Gasteiger charge is -2.20. The average molecular weight is 326 g/mol. The number of nitrogens with one attached hydrogen (secondary N) is 1. The van der Waals surface area contributed by atoms with Crippen molar-refractivity contribution in [2.24, 2.45) is 5.73 Å². The number of hydrogen-bond donors (Lipinski definition) is 2. The van der Waals surface area contributed by atoms with E-state index in [4.69, 9.17) is 5.73 Å². The van der Waals surface area contributed by atoms with E-state index in [0.29, 0.717) is 24.2 Å². The zero-order valence-electron chi connectivity index (χ0n) is 13.7. The molecule has 24 heavy (non-hydrogen) atoms. The number of amides is 2. The predicted octanol–water partition coefficient (Wildman–Crippen LogP) is 2.03. The third-order valence-corrected chi connectivity index (χ3v) is 3.71. The molecule has 0 aliphatic heterocycles. The Kier molecular flexibility index (Phi) is 6.45. The van der Waals surface area contributed by atoms with E-state index in [-0.39, 0.29) is 5.91 Å². The van der Waals surface area contributed by atoms with E-state index < -0.39 is 5.91 Å². The lowest BCUT2D eigenvalue weighted by atomic mass is 10.2. The summed E-state index contributed by atoms with van der Waals surface area (Å²) in [6.07, 6.45) is 3.94. The molecule has 1 aromatic heterocycles. The molecule has 1 heterocycles. The van der Waals surface area contributed by atoms with Crippen LogP contribution in [0.25, 0.3) is 0 Å². The quantitative estimate of drug-likeness (QED) is 0.777. The van der Waals surface area contributed by atoms with E-state index in [1.165, 1.54) is 5.56 Å². The highest BCUT2D eigenvalue weighted by molar-refractivity contribution is 5.94. The third kappa shape index (κ3) is 5.48. The number of carbonyl (C=O) groups excluding carboxylic acids is 2. The van der Waals surface area contributed by atoms with Crippen LogP contribution in [0.1, 0.15) is 29.3 Å². The largest absolute Gasteiger partial charge is 0.366 e. The number of pyridine rings is 1. The molecule has 0 saturated heterocycles. The highest BCUT2D eigenvalue weighted by Gasteiger charge is 2.08. The predicted molar refractivity (Wildman–Crippen MR) is 93.4 cm³/mol. The van der Waals surface area contributed by atoms with E-state index >= 15 is 0 Å². The van der Waals surface area contributed by atoms with Gasteiger partial charge >= 0.3 is 0 Å². The van der Waals surface area contributed by atoms with Crippen LogP contribution in [0.15, 0.2) is 48.8 Å². The van der Waals surface area contributed by atoms with Crippen molar-refractivity contribution in [3.63, 3.8) is 0 Å². The first kappa shape index (κ1) is 17.6. The Morgan fingerprint density at radius 2 is 1.79 bits per heavy atom. The molecular weight excluding hydrogens is 304 g/mol. The molecule has 126 valence electrons. The van der Waals surface area contributed by atoms with Gasteiger partial charge in [0.15, 0.2) is 0 Å². The Labute approximate surface area is 141 Å². The van der Waals surface area contributed by atoms with Gasteiger partial charge in [-0.1, -0.05) is 6.92 Å². The molecule has 2 rings (SSSR count). The maximum absolute atomic E-state index is 12.1. The molecule has 0 unspecified atom stereocenters. The fourth-order valence-electron chi connectivity index (χ4n) is 2.30. The van der Waals surface area contributed by atoms with Gasteiger partial charge in [-0.2, -0.15) is 0 Å². The summed E-state index contributed by atoms with van der Waals surface area (Å²) in [7, 11) is 0. The van der Waals surface area contributed by atoms with Crippen molar-refractivity contribution in [3.05, 3.63) is 59.9 Å². The second kappa shape index (κ2) is 8.79. The molecule has 0 saturated carbocycles. The van der Waals surface area contributed by atoms with Crippen LogP contribution < -0.4 is 11.1 Å². The molecule has 3 N–H and O–H groups in total. The van der Waals surface area contributed by atoms with E-state index in [1.807, 2.05) is 12.1 Å². The summed E-state index contributed by atoms with van der Waals surface area (Å²) in [5, 5.41) is 2.82. The lowest BCUT2D eigenvalue weighted by Crippen LogP contribution is -2.27. The SMILES string of the molecule is CCN(CCC(=O)Nc1ccc(C(N)=O)cc1)Cc1ccncc1. The molecule has 2 aromatic rings. The van der Waals surface area contributed by atoms with Crippen LogP contribution in [-0.2, 0) is 11.3 Å². The minimum atomic E-state index is -0.484. The third-order valence-electron chi connectivity index (χ3n) is 3.71. The molecular formula is C18H22N4O2. The standard InChI is InChI=1S/C18H22N4O2/c1-2-22(13-14-7-10-20-11-8-14)12-9-17(23)21-16-5-3-15(4-6-16)18(19)24/h3-8,10-11H,2,9,12-13H2,1H3,(H2,19,24)(H,21,23). The summed E-state index contributed by atoms with van der Waals surface area (Å²) in [5.74, 6) is -0.544. The molecule has 0 radical (unpaired) electrons.